The van der Waals surface area contributed by atoms with Crippen LogP contribution in [0.2, 0.25) is 0 Å². The van der Waals surface area contributed by atoms with Gasteiger partial charge in [-0.15, -0.1) is 0 Å². The number of nitrogens with zero attached hydrogens (tertiary/aromatic N) is 3. The summed E-state index contributed by atoms with van der Waals surface area (Å²) in [4.78, 5) is 20.9. The van der Waals surface area contributed by atoms with Gasteiger partial charge in [0, 0.05) is 45.9 Å². The van der Waals surface area contributed by atoms with Crippen molar-refractivity contribution >= 4 is 12.6 Å². The fourth-order valence-electron chi connectivity index (χ4n) is 4.16. The van der Waals surface area contributed by atoms with Gasteiger partial charge in [0.2, 0.25) is 0 Å². The zero-order valence-corrected chi connectivity index (χ0v) is 26.2. The Balaban J connectivity index is 0.000000413. The molecule has 0 fully saturated rings. The molecule has 0 saturated heterocycles. The first-order valence-electron chi connectivity index (χ1n) is 13.1. The van der Waals surface area contributed by atoms with E-state index in [-0.39, 0.29) is 33.9 Å². The number of aldehydes is 2. The molecule has 55 heavy (non-hydrogen) atoms. The highest BCUT2D eigenvalue weighted by molar-refractivity contribution is 5.77. The molecule has 29 heteroatoms. The van der Waals surface area contributed by atoms with Gasteiger partial charge in [-0.05, 0) is 0 Å². The van der Waals surface area contributed by atoms with Gasteiger partial charge in [-0.2, -0.15) is 105 Å². The van der Waals surface area contributed by atoms with Crippen LogP contribution < -0.4 is 0 Å². The average molecular weight is 857 g/mol. The maximum atomic E-state index is 13.1. The van der Waals surface area contributed by atoms with Crippen LogP contribution in [0, 0.1) is 0 Å². The van der Waals surface area contributed by atoms with Crippen molar-refractivity contribution in [3.63, 3.8) is 0 Å². The summed E-state index contributed by atoms with van der Waals surface area (Å²) in [5.41, 5.74) is -15.9. The summed E-state index contributed by atoms with van der Waals surface area (Å²) in [7, 11) is 2.44. The third kappa shape index (κ3) is 9.85. The van der Waals surface area contributed by atoms with E-state index >= 15 is 0 Å². The Kier molecular flexibility index (Phi) is 13.1. The summed E-state index contributed by atoms with van der Waals surface area (Å²) in [5.74, 6) is -17.0. The highest BCUT2D eigenvalue weighted by Crippen LogP contribution is 2.52. The van der Waals surface area contributed by atoms with Crippen LogP contribution in [0.25, 0.3) is 0 Å². The van der Waals surface area contributed by atoms with E-state index in [1.807, 2.05) is 0 Å². The molecule has 3 aromatic heterocycles. The summed E-state index contributed by atoms with van der Waals surface area (Å²) in [6.07, 6.45) is -35.4. The minimum atomic E-state index is -6.24. The standard InChI is InChI=1S/2C9H5F8NO.C8H5F8N/c1-18-2-4(8(12,13)14)6(5(18)3-19)7(10,11)9(15,16)17;1-18-2-4(7(10,11)9(15,16)17)6(5(18)3-19)8(12,13)14;1-17-2-4(5(3-17)7(11,12)13)6(9,10)8(14,15)16/h2*2-3H,1H3;2-3H,1H3. The molecule has 3 rings (SSSR count). The van der Waals surface area contributed by atoms with Gasteiger partial charge in [-0.25, -0.2) is 0 Å². The minimum absolute atomic E-state index is 0.0126. The maximum absolute atomic E-state index is 13.1. The number of aryl methyl sites for hydroxylation is 3. The van der Waals surface area contributed by atoms with E-state index in [2.05, 4.69) is 0 Å². The van der Waals surface area contributed by atoms with Crippen LogP contribution >= 0.6 is 0 Å². The summed E-state index contributed by atoms with van der Waals surface area (Å²) in [6.45, 7) is 0. The second-order valence-corrected chi connectivity index (χ2v) is 10.5. The Hall–Kier alpha value is -4.50. The molecular formula is C26H15F24N3O2. The van der Waals surface area contributed by atoms with E-state index in [1.54, 1.807) is 0 Å². The first-order valence-corrected chi connectivity index (χ1v) is 13.1. The molecule has 3 heterocycles. The normalized spacial score (nSPS) is 13.9. The van der Waals surface area contributed by atoms with E-state index in [4.69, 9.17) is 0 Å². The lowest BCUT2D eigenvalue weighted by molar-refractivity contribution is -0.291. The molecule has 0 unspecified atom stereocenters. The molecule has 3 aromatic rings. The molecule has 0 bridgehead atoms. The lowest BCUT2D eigenvalue weighted by Gasteiger charge is -2.21. The second-order valence-electron chi connectivity index (χ2n) is 10.5. The highest BCUT2D eigenvalue weighted by Gasteiger charge is 2.64. The maximum Gasteiger partial charge on any atom is 0.458 e. The summed E-state index contributed by atoms with van der Waals surface area (Å²) < 4.78 is 300. The van der Waals surface area contributed by atoms with Gasteiger partial charge in [0.15, 0.2) is 12.6 Å². The highest BCUT2D eigenvalue weighted by atomic mass is 19.4. The van der Waals surface area contributed by atoms with Crippen LogP contribution in [0.1, 0.15) is 54.4 Å². The second kappa shape index (κ2) is 14.9. The predicted octanol–water partition coefficient (Wildman–Crippen LogP) is 10.7. The van der Waals surface area contributed by atoms with Gasteiger partial charge in [0.05, 0.1) is 44.8 Å². The van der Waals surface area contributed by atoms with Crippen molar-refractivity contribution in [2.45, 2.75) is 54.8 Å². The van der Waals surface area contributed by atoms with Crippen molar-refractivity contribution in [2.75, 3.05) is 0 Å². The molecule has 0 amide bonds. The van der Waals surface area contributed by atoms with Crippen LogP contribution in [0.3, 0.4) is 0 Å². The molecule has 0 radical (unpaired) electrons. The summed E-state index contributed by atoms with van der Waals surface area (Å²) >= 11 is 0. The zero-order valence-electron chi connectivity index (χ0n) is 26.2. The van der Waals surface area contributed by atoms with Crippen molar-refractivity contribution in [2.24, 2.45) is 21.1 Å². The first-order chi connectivity index (χ1) is 24.0. The van der Waals surface area contributed by atoms with E-state index in [0.717, 1.165) is 21.1 Å². The fourth-order valence-corrected chi connectivity index (χ4v) is 4.16. The van der Waals surface area contributed by atoms with Crippen molar-refractivity contribution in [3.05, 3.63) is 69.6 Å². The molecule has 0 aliphatic heterocycles. The Morgan fingerprint density at radius 2 is 0.691 bits per heavy atom. The van der Waals surface area contributed by atoms with Gasteiger partial charge in [0.1, 0.15) is 0 Å². The average Bonchev–Trinajstić information content (AvgIpc) is 3.64. The summed E-state index contributed by atoms with van der Waals surface area (Å²) in [6, 6.07) is 0. The quantitative estimate of drug-likeness (QED) is 0.190. The fraction of sp³-hybridized carbons (Fsp3) is 0.462. The zero-order chi connectivity index (χ0) is 44.1. The van der Waals surface area contributed by atoms with Crippen LogP contribution in [0.15, 0.2) is 24.8 Å². The molecule has 314 valence electrons. The molecule has 0 N–H and O–H groups in total. The van der Waals surface area contributed by atoms with Crippen LogP contribution in [0.4, 0.5) is 105 Å². The Bertz CT molecular complexity index is 1820. The minimum Gasteiger partial charge on any atom is -0.356 e. The van der Waals surface area contributed by atoms with Crippen LogP contribution in [0.5, 0.6) is 0 Å². The van der Waals surface area contributed by atoms with E-state index in [0.29, 0.717) is 4.57 Å². The van der Waals surface area contributed by atoms with Crippen molar-refractivity contribution in [1.29, 1.82) is 0 Å². The molecule has 0 aliphatic rings. The van der Waals surface area contributed by atoms with E-state index in [9.17, 15) is 115 Å². The third-order valence-electron chi connectivity index (χ3n) is 6.59. The largest absolute Gasteiger partial charge is 0.458 e. The molecule has 0 saturated carbocycles. The van der Waals surface area contributed by atoms with Gasteiger partial charge in [-0.1, -0.05) is 0 Å². The van der Waals surface area contributed by atoms with Crippen LogP contribution in [-0.2, 0) is 57.4 Å². The van der Waals surface area contributed by atoms with E-state index < -0.39 is 112 Å². The number of rotatable bonds is 5. The monoisotopic (exact) mass is 857 g/mol. The Morgan fingerprint density at radius 1 is 0.382 bits per heavy atom. The topological polar surface area (TPSA) is 48.9 Å². The third-order valence-corrected chi connectivity index (χ3v) is 6.59. The number of hydrogen-bond donors (Lipinski definition) is 0. The number of carbonyl (C=O) groups excluding carboxylic acids is 2. The van der Waals surface area contributed by atoms with Crippen molar-refractivity contribution < 1.29 is 115 Å². The molecule has 0 aromatic carbocycles. The molecule has 0 atom stereocenters. The van der Waals surface area contributed by atoms with E-state index in [1.165, 1.54) is 0 Å². The number of hydrogen-bond acceptors (Lipinski definition) is 2. The van der Waals surface area contributed by atoms with Gasteiger partial charge in [0.25, 0.3) is 0 Å². The number of aromatic nitrogens is 3. The summed E-state index contributed by atoms with van der Waals surface area (Å²) in [5, 5.41) is 0. The van der Waals surface area contributed by atoms with Crippen molar-refractivity contribution in [3.8, 4) is 0 Å². The molecule has 0 spiro atoms. The molecular weight excluding hydrogens is 842 g/mol. The molecule has 5 nitrogen and oxygen atoms in total. The predicted molar refractivity (Wildman–Crippen MR) is 132 cm³/mol. The Labute approximate surface area is 287 Å². The van der Waals surface area contributed by atoms with Gasteiger partial charge < -0.3 is 13.7 Å². The first kappa shape index (κ1) is 48.5. The number of carbonyl (C=O) groups is 2. The smallest absolute Gasteiger partial charge is 0.356 e. The van der Waals surface area contributed by atoms with Gasteiger partial charge in [-0.3, -0.25) is 9.59 Å². The van der Waals surface area contributed by atoms with Crippen LogP contribution in [-0.4, -0.2) is 44.8 Å². The lowest BCUT2D eigenvalue weighted by atomic mass is 10.0. The number of alkyl halides is 24. The number of halogens is 24. The lowest BCUT2D eigenvalue weighted by Crippen LogP contribution is -2.36. The van der Waals surface area contributed by atoms with Crippen molar-refractivity contribution in [1.82, 2.24) is 13.7 Å². The van der Waals surface area contributed by atoms with Gasteiger partial charge >= 0.3 is 54.8 Å². The molecule has 0 aliphatic carbocycles. The SMILES string of the molecule is Cn1cc(C(F)(F)C(F)(F)F)c(C(F)(F)F)c1C=O.Cn1cc(C(F)(F)F)c(C(F)(F)C(F)(F)F)c1.Cn1cc(C(F)(F)F)c(C(F)(F)C(F)(F)F)c1C=O. The Morgan fingerprint density at radius 3 is 1.00 bits per heavy atom.